The average molecular weight is 405 g/mol. The zero-order chi connectivity index (χ0) is 21.5. The molecule has 156 valence electrons. The van der Waals surface area contributed by atoms with Crippen LogP contribution in [0.3, 0.4) is 0 Å². The first-order valence-corrected chi connectivity index (χ1v) is 10.2. The highest BCUT2D eigenvalue weighted by atomic mass is 16.5. The molecule has 1 aliphatic heterocycles. The number of hydrogen-bond acceptors (Lipinski definition) is 5. The van der Waals surface area contributed by atoms with Crippen LogP contribution < -0.4 is 10.1 Å². The summed E-state index contributed by atoms with van der Waals surface area (Å²) < 4.78 is 5.27. The van der Waals surface area contributed by atoms with Crippen molar-refractivity contribution in [2.45, 2.75) is 38.8 Å². The van der Waals surface area contributed by atoms with Crippen LogP contribution in [-0.2, 0) is 6.61 Å². The van der Waals surface area contributed by atoms with E-state index in [9.17, 15) is 10.2 Å². The van der Waals surface area contributed by atoms with Crippen LogP contribution in [0.25, 0.3) is 0 Å². The summed E-state index contributed by atoms with van der Waals surface area (Å²) in [6.07, 6.45) is 12.2. The molecule has 5 nitrogen and oxygen atoms in total. The number of rotatable bonds is 4. The summed E-state index contributed by atoms with van der Waals surface area (Å²) in [6.45, 7) is 8.03. The van der Waals surface area contributed by atoms with Crippen molar-refractivity contribution < 1.29 is 14.9 Å². The van der Waals surface area contributed by atoms with Crippen LogP contribution >= 0.6 is 0 Å². The van der Waals surface area contributed by atoms with Gasteiger partial charge in [-0.2, -0.15) is 0 Å². The number of allylic oxidation sites excluding steroid dienone is 4. The smallest absolute Gasteiger partial charge is 0.163 e. The maximum atomic E-state index is 10.2. The highest BCUT2D eigenvalue weighted by Gasteiger charge is 2.47. The average Bonchev–Trinajstić information content (AvgIpc) is 2.72. The number of hydrogen-bond donors (Lipinski definition) is 3. The zero-order valence-electron chi connectivity index (χ0n) is 17.7. The number of benzene rings is 1. The summed E-state index contributed by atoms with van der Waals surface area (Å²) in [5, 5.41) is 23.2. The third-order valence-corrected chi connectivity index (χ3v) is 6.17. The molecule has 1 heterocycles. The fourth-order valence-electron chi connectivity index (χ4n) is 4.95. The van der Waals surface area contributed by atoms with Gasteiger partial charge in [0.2, 0.25) is 0 Å². The van der Waals surface area contributed by atoms with Crippen molar-refractivity contribution in [1.82, 2.24) is 5.32 Å². The molecule has 0 saturated heterocycles. The highest BCUT2D eigenvalue weighted by Crippen LogP contribution is 2.52. The number of aliphatic imine (C=N–C) groups is 1. The topological polar surface area (TPSA) is 74.1 Å². The molecule has 0 aromatic heterocycles. The van der Waals surface area contributed by atoms with Crippen molar-refractivity contribution in [3.8, 4) is 11.5 Å². The summed E-state index contributed by atoms with van der Waals surface area (Å²) in [5.74, 6) is 0.582. The van der Waals surface area contributed by atoms with Crippen LogP contribution in [0, 0.1) is 5.92 Å². The number of aliphatic hydroxyl groups excluding tert-OH is 1. The number of aliphatic hydroxyl groups is 1. The number of nitrogens with one attached hydrogen (secondary N) is 1. The van der Waals surface area contributed by atoms with Crippen LogP contribution in [0.1, 0.15) is 37.8 Å². The lowest BCUT2D eigenvalue weighted by molar-refractivity contribution is 0.272. The van der Waals surface area contributed by atoms with Gasteiger partial charge in [-0.05, 0) is 49.6 Å². The fraction of sp³-hybridized carbons (Fsp3) is 0.320. The Morgan fingerprint density at radius 2 is 2.17 bits per heavy atom. The largest absolute Gasteiger partial charge is 0.504 e. The quantitative estimate of drug-likeness (QED) is 0.517. The second-order valence-corrected chi connectivity index (χ2v) is 8.13. The molecule has 0 fully saturated rings. The molecule has 2 bridgehead atoms. The lowest BCUT2D eigenvalue weighted by Gasteiger charge is -2.47. The summed E-state index contributed by atoms with van der Waals surface area (Å²) in [7, 11) is 1.50. The van der Waals surface area contributed by atoms with Crippen molar-refractivity contribution in [2.75, 3.05) is 7.11 Å². The number of phenols is 1. The van der Waals surface area contributed by atoms with Gasteiger partial charge in [0.15, 0.2) is 11.5 Å². The predicted molar refractivity (Wildman–Crippen MR) is 120 cm³/mol. The van der Waals surface area contributed by atoms with Gasteiger partial charge in [-0.1, -0.05) is 30.4 Å². The molecule has 0 amide bonds. The molecule has 1 aromatic carbocycles. The van der Waals surface area contributed by atoms with Gasteiger partial charge in [0, 0.05) is 41.1 Å². The van der Waals surface area contributed by atoms with E-state index in [1.165, 1.54) is 29.5 Å². The molecule has 3 aliphatic rings. The Labute approximate surface area is 177 Å². The van der Waals surface area contributed by atoms with E-state index in [1.54, 1.807) is 12.1 Å². The standard InChI is InChI=1S/C25H28N2O3/c1-5-20-18-8-15(2)12-25(20,21-7-6-16(3)27-22(21)11-18)26-13-17-9-19(14-28)24(29)23(10-17)30-4/h5-10,13,18,27-29H,3,11-12,14H2,1-2,4H3/b20-5+,26-13?. The molecule has 1 aromatic rings. The van der Waals surface area contributed by atoms with E-state index in [0.29, 0.717) is 17.2 Å². The first-order chi connectivity index (χ1) is 14.4. The normalized spacial score (nSPS) is 26.7. The molecule has 4 rings (SSSR count). The van der Waals surface area contributed by atoms with Crippen molar-refractivity contribution in [3.05, 3.63) is 82.3 Å². The maximum Gasteiger partial charge on any atom is 0.163 e. The van der Waals surface area contributed by atoms with Gasteiger partial charge >= 0.3 is 0 Å². The molecular formula is C25H28N2O3. The number of dihydropyridines is 1. The van der Waals surface area contributed by atoms with E-state index in [1.807, 2.05) is 12.3 Å². The van der Waals surface area contributed by atoms with E-state index >= 15 is 0 Å². The van der Waals surface area contributed by atoms with Crippen molar-refractivity contribution >= 4 is 6.21 Å². The van der Waals surface area contributed by atoms with Gasteiger partial charge in [0.25, 0.3) is 0 Å². The Hall–Kier alpha value is -3.05. The Balaban J connectivity index is 1.86. The Morgan fingerprint density at radius 3 is 2.87 bits per heavy atom. The maximum absolute atomic E-state index is 10.2. The van der Waals surface area contributed by atoms with Crippen LogP contribution in [0.5, 0.6) is 11.5 Å². The van der Waals surface area contributed by atoms with Gasteiger partial charge in [0.05, 0.1) is 13.7 Å². The monoisotopic (exact) mass is 404 g/mol. The first kappa shape index (κ1) is 20.2. The molecule has 2 unspecified atom stereocenters. The van der Waals surface area contributed by atoms with Crippen molar-refractivity contribution in [2.24, 2.45) is 10.9 Å². The summed E-state index contributed by atoms with van der Waals surface area (Å²) >= 11 is 0. The van der Waals surface area contributed by atoms with E-state index in [2.05, 4.69) is 44.0 Å². The van der Waals surface area contributed by atoms with Gasteiger partial charge in [0.1, 0.15) is 5.54 Å². The van der Waals surface area contributed by atoms with Crippen molar-refractivity contribution in [3.63, 3.8) is 0 Å². The van der Waals surface area contributed by atoms with Crippen molar-refractivity contribution in [1.29, 1.82) is 0 Å². The van der Waals surface area contributed by atoms with Gasteiger partial charge < -0.3 is 20.3 Å². The minimum atomic E-state index is -0.486. The zero-order valence-corrected chi connectivity index (χ0v) is 17.7. The second kappa shape index (κ2) is 7.65. The molecule has 2 aliphatic carbocycles. The Bertz CT molecular complexity index is 1030. The lowest BCUT2D eigenvalue weighted by Crippen LogP contribution is -2.44. The molecule has 0 spiro atoms. The van der Waals surface area contributed by atoms with Crippen LogP contribution in [0.2, 0.25) is 0 Å². The first-order valence-electron chi connectivity index (χ1n) is 10.2. The molecule has 30 heavy (non-hydrogen) atoms. The van der Waals surface area contributed by atoms with Crippen LogP contribution in [0.4, 0.5) is 0 Å². The summed E-state index contributed by atoms with van der Waals surface area (Å²) in [6, 6.07) is 3.48. The highest BCUT2D eigenvalue weighted by molar-refractivity contribution is 5.83. The van der Waals surface area contributed by atoms with Gasteiger partial charge in [-0.15, -0.1) is 0 Å². The van der Waals surface area contributed by atoms with Crippen LogP contribution in [-0.4, -0.2) is 29.1 Å². The molecule has 0 radical (unpaired) electrons. The van der Waals surface area contributed by atoms with E-state index < -0.39 is 5.54 Å². The second-order valence-electron chi connectivity index (χ2n) is 8.13. The molecule has 2 atom stereocenters. The number of methoxy groups -OCH3 is 1. The Kier molecular flexibility index (Phi) is 5.16. The Morgan fingerprint density at radius 1 is 1.37 bits per heavy atom. The number of fused-ring (bicyclic) bond motifs is 3. The van der Waals surface area contributed by atoms with E-state index in [0.717, 1.165) is 24.1 Å². The summed E-state index contributed by atoms with van der Waals surface area (Å²) in [4.78, 5) is 5.17. The molecule has 5 heteroatoms. The number of aromatic hydroxyl groups is 1. The lowest BCUT2D eigenvalue weighted by atomic mass is 9.62. The minimum Gasteiger partial charge on any atom is -0.504 e. The predicted octanol–water partition coefficient (Wildman–Crippen LogP) is 4.29. The molecule has 0 saturated carbocycles. The minimum absolute atomic E-state index is 0.0402. The third-order valence-electron chi connectivity index (χ3n) is 6.17. The van der Waals surface area contributed by atoms with Gasteiger partial charge in [-0.3, -0.25) is 4.99 Å². The van der Waals surface area contributed by atoms with Crippen LogP contribution in [0.15, 0.2) is 76.1 Å². The van der Waals surface area contributed by atoms with Gasteiger partial charge in [-0.25, -0.2) is 0 Å². The van der Waals surface area contributed by atoms with E-state index in [4.69, 9.17) is 9.73 Å². The third kappa shape index (κ3) is 3.19. The summed E-state index contributed by atoms with van der Waals surface area (Å²) in [5.41, 5.74) is 6.58. The molecular weight excluding hydrogens is 376 g/mol. The SMILES string of the molecule is C=C1C=CC2=C(CC3C=C(C)CC2(N=Cc2cc(CO)c(O)c(OC)c2)/C3=C/C)N1. The number of ether oxygens (including phenoxy) is 1. The molecule has 3 N–H and O–H groups in total. The van der Waals surface area contributed by atoms with E-state index in [-0.39, 0.29) is 12.4 Å². The number of nitrogens with zero attached hydrogens (tertiary/aromatic N) is 1. The fourth-order valence-corrected chi connectivity index (χ4v) is 4.95.